The zero-order chi connectivity index (χ0) is 19.5. The van der Waals surface area contributed by atoms with Crippen molar-refractivity contribution in [3.05, 3.63) is 33.9 Å². The number of hydrogen-bond donors (Lipinski definition) is 2. The van der Waals surface area contributed by atoms with E-state index in [2.05, 4.69) is 5.32 Å². The summed E-state index contributed by atoms with van der Waals surface area (Å²) in [6.07, 6.45) is -4.64. The van der Waals surface area contributed by atoms with Crippen LogP contribution in [0.15, 0.2) is 23.1 Å². The third-order valence-electron chi connectivity index (χ3n) is 4.09. The van der Waals surface area contributed by atoms with Crippen LogP contribution in [0, 0.1) is 17.0 Å². The van der Waals surface area contributed by atoms with Gasteiger partial charge in [-0.05, 0) is 12.5 Å². The summed E-state index contributed by atoms with van der Waals surface area (Å²) < 4.78 is 67.0. The summed E-state index contributed by atoms with van der Waals surface area (Å²) in [6.45, 7) is 1.40. The first kappa shape index (κ1) is 23.6. The van der Waals surface area contributed by atoms with Crippen LogP contribution in [-0.2, 0) is 10.0 Å². The molecule has 0 radical (unpaired) electrons. The van der Waals surface area contributed by atoms with E-state index in [-0.39, 0.29) is 31.1 Å². The number of hydrogen-bond acceptors (Lipinski definition) is 6. The third kappa shape index (κ3) is 5.75. The van der Waals surface area contributed by atoms with Gasteiger partial charge in [-0.15, -0.1) is 12.4 Å². The molecule has 2 N–H and O–H groups in total. The van der Waals surface area contributed by atoms with Crippen LogP contribution in [0.25, 0.3) is 0 Å². The quantitative estimate of drug-likeness (QED) is 0.520. The molecule has 1 heterocycles. The maximum atomic E-state index is 13.4. The molecule has 8 nitrogen and oxygen atoms in total. The lowest BCUT2D eigenvalue weighted by atomic mass is 10.2. The van der Waals surface area contributed by atoms with Gasteiger partial charge < -0.3 is 5.32 Å². The predicted molar refractivity (Wildman–Crippen MR) is 94.6 cm³/mol. The van der Waals surface area contributed by atoms with Gasteiger partial charge in [0.1, 0.15) is 6.04 Å². The number of rotatable bonds is 6. The minimum atomic E-state index is -4.64. The molecule has 0 aromatic heterocycles. The monoisotopic (exact) mass is 432 g/mol. The van der Waals surface area contributed by atoms with E-state index in [9.17, 15) is 31.7 Å². The second-order valence-electron chi connectivity index (χ2n) is 5.88. The molecule has 1 aromatic carbocycles. The summed E-state index contributed by atoms with van der Waals surface area (Å²) in [5, 5.41) is 14.0. The Hall–Kier alpha value is -1.47. The Morgan fingerprint density at radius 3 is 2.44 bits per heavy atom. The second kappa shape index (κ2) is 9.15. The van der Waals surface area contributed by atoms with Gasteiger partial charge in [0.15, 0.2) is 4.90 Å². The van der Waals surface area contributed by atoms with Crippen LogP contribution in [0.2, 0.25) is 0 Å². The molecular formula is C14H20ClF3N4O4S. The van der Waals surface area contributed by atoms with Gasteiger partial charge >= 0.3 is 6.18 Å². The topological polar surface area (TPSA) is 105 Å². The number of piperazine rings is 1. The number of nitrogens with one attached hydrogen (secondary N) is 2. The van der Waals surface area contributed by atoms with E-state index >= 15 is 0 Å². The molecule has 0 spiro atoms. The molecule has 154 valence electrons. The SMILES string of the molecule is Cc1cccc([N+](=O)[O-])c1S(=O)(=O)NCC(N1CCNCC1)C(F)(F)F.Cl. The Kier molecular flexibility index (Phi) is 7.99. The fraction of sp³-hybridized carbons (Fsp3) is 0.571. The van der Waals surface area contributed by atoms with Crippen LogP contribution < -0.4 is 10.0 Å². The third-order valence-corrected chi connectivity index (χ3v) is 5.71. The Morgan fingerprint density at radius 1 is 1.33 bits per heavy atom. The van der Waals surface area contributed by atoms with E-state index in [1.54, 1.807) is 0 Å². The highest BCUT2D eigenvalue weighted by atomic mass is 35.5. The van der Waals surface area contributed by atoms with Gasteiger partial charge in [-0.3, -0.25) is 15.0 Å². The first-order chi connectivity index (χ1) is 12.0. The molecule has 0 bridgehead atoms. The Morgan fingerprint density at radius 2 is 1.93 bits per heavy atom. The minimum absolute atomic E-state index is 0. The molecule has 1 aliphatic rings. The fourth-order valence-electron chi connectivity index (χ4n) is 2.84. The van der Waals surface area contributed by atoms with E-state index in [0.717, 1.165) is 11.0 Å². The highest BCUT2D eigenvalue weighted by Crippen LogP contribution is 2.28. The van der Waals surface area contributed by atoms with Crippen molar-refractivity contribution in [2.24, 2.45) is 0 Å². The van der Waals surface area contributed by atoms with Gasteiger partial charge in [-0.2, -0.15) is 13.2 Å². The molecule has 1 aromatic rings. The lowest BCUT2D eigenvalue weighted by molar-refractivity contribution is -0.387. The second-order valence-corrected chi connectivity index (χ2v) is 7.58. The Balaban J connectivity index is 0.00000364. The first-order valence-electron chi connectivity index (χ1n) is 7.79. The minimum Gasteiger partial charge on any atom is -0.314 e. The summed E-state index contributed by atoms with van der Waals surface area (Å²) in [7, 11) is -4.49. The van der Waals surface area contributed by atoms with Gasteiger partial charge in [-0.25, -0.2) is 13.1 Å². The van der Waals surface area contributed by atoms with Crippen molar-refractivity contribution in [1.82, 2.24) is 14.9 Å². The largest absolute Gasteiger partial charge is 0.405 e. The lowest BCUT2D eigenvalue weighted by Gasteiger charge is -2.35. The van der Waals surface area contributed by atoms with E-state index in [4.69, 9.17) is 0 Å². The lowest BCUT2D eigenvalue weighted by Crippen LogP contribution is -2.57. The maximum absolute atomic E-state index is 13.4. The van der Waals surface area contributed by atoms with Crippen LogP contribution in [0.1, 0.15) is 5.56 Å². The molecule has 13 heteroatoms. The smallest absolute Gasteiger partial charge is 0.314 e. The summed E-state index contributed by atoms with van der Waals surface area (Å²) in [5.41, 5.74) is -0.597. The van der Waals surface area contributed by atoms with E-state index < -0.39 is 44.3 Å². The van der Waals surface area contributed by atoms with Crippen molar-refractivity contribution in [3.63, 3.8) is 0 Å². The zero-order valence-corrected chi connectivity index (χ0v) is 16.0. The number of nitro groups is 1. The number of nitrogens with zero attached hydrogens (tertiary/aromatic N) is 2. The number of sulfonamides is 1. The highest BCUT2D eigenvalue weighted by Gasteiger charge is 2.44. The van der Waals surface area contributed by atoms with Crippen molar-refractivity contribution in [3.8, 4) is 0 Å². The molecule has 0 saturated carbocycles. The number of nitro benzene ring substituents is 1. The highest BCUT2D eigenvalue weighted by molar-refractivity contribution is 7.89. The Labute approximate surface area is 160 Å². The standard InChI is InChI=1S/C14H19F3N4O4S.ClH/c1-10-3-2-4-11(21(22)23)13(10)26(24,25)19-9-12(14(15,16)17)20-7-5-18-6-8-20;/h2-4,12,18-19H,5-9H2,1H3;1H. The maximum Gasteiger partial charge on any atom is 0.405 e. The number of aryl methyl sites for hydroxylation is 1. The van der Waals surface area contributed by atoms with Crippen LogP contribution in [0.4, 0.5) is 18.9 Å². The van der Waals surface area contributed by atoms with Crippen molar-refractivity contribution in [1.29, 1.82) is 0 Å². The summed E-state index contributed by atoms with van der Waals surface area (Å²) in [4.78, 5) is 10.7. The number of alkyl halides is 3. The predicted octanol–water partition coefficient (Wildman–Crippen LogP) is 1.44. The summed E-state index contributed by atoms with van der Waals surface area (Å²) in [5.74, 6) is 0. The number of halogens is 4. The van der Waals surface area contributed by atoms with Crippen molar-refractivity contribution in [2.45, 2.75) is 24.0 Å². The molecule has 27 heavy (non-hydrogen) atoms. The normalized spacial score (nSPS) is 17.2. The molecule has 2 rings (SSSR count). The first-order valence-corrected chi connectivity index (χ1v) is 9.27. The van der Waals surface area contributed by atoms with Crippen LogP contribution in [-0.4, -0.2) is 63.2 Å². The average molecular weight is 433 g/mol. The number of benzene rings is 1. The molecule has 1 aliphatic heterocycles. The van der Waals surface area contributed by atoms with E-state index in [0.29, 0.717) is 13.1 Å². The molecule has 1 fully saturated rings. The van der Waals surface area contributed by atoms with Crippen molar-refractivity contribution in [2.75, 3.05) is 32.7 Å². The van der Waals surface area contributed by atoms with Crippen LogP contribution in [0.3, 0.4) is 0 Å². The molecule has 0 aliphatic carbocycles. The zero-order valence-electron chi connectivity index (χ0n) is 14.3. The molecule has 1 unspecified atom stereocenters. The molecule has 1 atom stereocenters. The summed E-state index contributed by atoms with van der Waals surface area (Å²) >= 11 is 0. The van der Waals surface area contributed by atoms with Gasteiger partial charge in [0.2, 0.25) is 10.0 Å². The average Bonchev–Trinajstić information content (AvgIpc) is 2.54. The molecule has 1 saturated heterocycles. The van der Waals surface area contributed by atoms with Crippen molar-refractivity contribution >= 4 is 28.1 Å². The van der Waals surface area contributed by atoms with Crippen LogP contribution in [0.5, 0.6) is 0 Å². The fourth-order valence-corrected chi connectivity index (χ4v) is 4.27. The van der Waals surface area contributed by atoms with Gasteiger partial charge in [0, 0.05) is 38.8 Å². The van der Waals surface area contributed by atoms with Gasteiger partial charge in [-0.1, -0.05) is 12.1 Å². The van der Waals surface area contributed by atoms with E-state index in [1.807, 2.05) is 4.72 Å². The van der Waals surface area contributed by atoms with Gasteiger partial charge in [0.25, 0.3) is 5.69 Å². The molecule has 0 amide bonds. The molecular weight excluding hydrogens is 413 g/mol. The van der Waals surface area contributed by atoms with E-state index in [1.165, 1.54) is 19.1 Å². The van der Waals surface area contributed by atoms with Crippen molar-refractivity contribution < 1.29 is 26.5 Å². The van der Waals surface area contributed by atoms with Gasteiger partial charge in [0.05, 0.1) is 4.92 Å². The van der Waals surface area contributed by atoms with Crippen LogP contribution >= 0.6 is 12.4 Å². The summed E-state index contributed by atoms with van der Waals surface area (Å²) in [6, 6.07) is 1.65. The Bertz CT molecular complexity index is 770.